The second-order valence-corrected chi connectivity index (χ2v) is 4.15. The third-order valence-corrected chi connectivity index (χ3v) is 2.46. The monoisotopic (exact) mass is 381 g/mol. The van der Waals surface area contributed by atoms with Crippen molar-refractivity contribution in [2.24, 2.45) is 0 Å². The summed E-state index contributed by atoms with van der Waals surface area (Å²) in [5.74, 6) is -1.50. The lowest BCUT2D eigenvalue weighted by molar-refractivity contribution is -0.142. The first-order valence-corrected chi connectivity index (χ1v) is 5.40. The highest BCUT2D eigenvalue weighted by molar-refractivity contribution is 14.1. The van der Waals surface area contributed by atoms with Gasteiger partial charge in [-0.25, -0.2) is 18.6 Å². The standard InChI is InChI=1S/C9H5F5INO2/c1-18-8(17)5-3(7(10)11)2-4(15)16-6(5)9(12,13)14/h2,7H,1H3. The van der Waals surface area contributed by atoms with Crippen molar-refractivity contribution in [3.8, 4) is 0 Å². The van der Waals surface area contributed by atoms with Crippen LogP contribution in [-0.4, -0.2) is 18.1 Å². The van der Waals surface area contributed by atoms with Gasteiger partial charge in [-0.1, -0.05) is 0 Å². The van der Waals surface area contributed by atoms with Gasteiger partial charge in [0.1, 0.15) is 3.70 Å². The zero-order valence-electron chi connectivity index (χ0n) is 8.69. The third kappa shape index (κ3) is 3.06. The maximum absolute atomic E-state index is 12.7. The summed E-state index contributed by atoms with van der Waals surface area (Å²) in [5.41, 5.74) is -3.97. The van der Waals surface area contributed by atoms with Gasteiger partial charge in [-0.2, -0.15) is 13.2 Å². The molecule has 0 saturated heterocycles. The first-order valence-electron chi connectivity index (χ1n) is 4.32. The van der Waals surface area contributed by atoms with E-state index in [9.17, 15) is 26.7 Å². The number of rotatable bonds is 2. The molecule has 0 N–H and O–H groups in total. The minimum absolute atomic E-state index is 0.289. The summed E-state index contributed by atoms with van der Waals surface area (Å²) in [6.07, 6.45) is -8.26. The number of nitrogens with zero attached hydrogens (tertiary/aromatic N) is 1. The first-order chi connectivity index (χ1) is 8.18. The third-order valence-electron chi connectivity index (χ3n) is 1.91. The van der Waals surface area contributed by atoms with Gasteiger partial charge in [0.05, 0.1) is 12.7 Å². The topological polar surface area (TPSA) is 39.2 Å². The Morgan fingerprint density at radius 3 is 2.39 bits per heavy atom. The minimum Gasteiger partial charge on any atom is -0.465 e. The number of methoxy groups -OCH3 is 1. The van der Waals surface area contributed by atoms with Gasteiger partial charge in [0, 0.05) is 5.56 Å². The molecule has 0 aliphatic carbocycles. The lowest BCUT2D eigenvalue weighted by atomic mass is 10.1. The van der Waals surface area contributed by atoms with Gasteiger partial charge in [0.25, 0.3) is 6.43 Å². The van der Waals surface area contributed by atoms with Crippen LogP contribution < -0.4 is 0 Å². The quantitative estimate of drug-likeness (QED) is 0.341. The maximum Gasteiger partial charge on any atom is 0.434 e. The van der Waals surface area contributed by atoms with Crippen LogP contribution in [0.3, 0.4) is 0 Å². The number of aromatic nitrogens is 1. The van der Waals surface area contributed by atoms with E-state index in [4.69, 9.17) is 0 Å². The van der Waals surface area contributed by atoms with E-state index < -0.39 is 35.4 Å². The zero-order chi connectivity index (χ0) is 14.1. The molecule has 0 aromatic carbocycles. The minimum atomic E-state index is -5.02. The number of hydrogen-bond acceptors (Lipinski definition) is 3. The number of halogens is 6. The number of carbonyl (C=O) groups excluding carboxylic acids is 1. The number of carbonyl (C=O) groups is 1. The SMILES string of the molecule is COC(=O)c1c(C(F)F)cc(I)nc1C(F)(F)F. The fourth-order valence-corrected chi connectivity index (χ4v) is 1.80. The zero-order valence-corrected chi connectivity index (χ0v) is 10.8. The van der Waals surface area contributed by atoms with E-state index in [2.05, 4.69) is 9.72 Å². The molecule has 18 heavy (non-hydrogen) atoms. The Morgan fingerprint density at radius 1 is 1.44 bits per heavy atom. The summed E-state index contributed by atoms with van der Waals surface area (Å²) < 4.78 is 67.1. The van der Waals surface area contributed by atoms with Crippen LogP contribution >= 0.6 is 22.6 Å². The van der Waals surface area contributed by atoms with Crippen LogP contribution in [0.1, 0.15) is 28.0 Å². The fourth-order valence-electron chi connectivity index (χ4n) is 1.23. The molecule has 1 aromatic heterocycles. The molecule has 0 unspecified atom stereocenters. The van der Waals surface area contributed by atoms with Gasteiger partial charge in [0.2, 0.25) is 0 Å². The lowest BCUT2D eigenvalue weighted by Gasteiger charge is -2.14. The summed E-state index contributed by atoms with van der Waals surface area (Å²) >= 11 is 1.36. The van der Waals surface area contributed by atoms with Crippen LogP contribution in [0.4, 0.5) is 22.0 Å². The molecule has 0 bridgehead atoms. The van der Waals surface area contributed by atoms with E-state index in [1.807, 2.05) is 0 Å². The van der Waals surface area contributed by atoms with Crippen molar-refractivity contribution in [2.75, 3.05) is 7.11 Å². The van der Waals surface area contributed by atoms with Crippen molar-refractivity contribution in [2.45, 2.75) is 12.6 Å². The molecule has 0 radical (unpaired) electrons. The smallest absolute Gasteiger partial charge is 0.434 e. The van der Waals surface area contributed by atoms with Gasteiger partial charge in [0.15, 0.2) is 5.69 Å². The van der Waals surface area contributed by atoms with Crippen LogP contribution in [0.15, 0.2) is 6.07 Å². The molecule has 0 amide bonds. The van der Waals surface area contributed by atoms with Gasteiger partial charge >= 0.3 is 12.1 Å². The second-order valence-electron chi connectivity index (χ2n) is 3.05. The molecule has 1 rings (SSSR count). The van der Waals surface area contributed by atoms with Crippen molar-refractivity contribution in [1.29, 1.82) is 0 Å². The molecule has 1 aromatic rings. The summed E-state index contributed by atoms with van der Waals surface area (Å²) in [5, 5.41) is 0. The Labute approximate surface area is 111 Å². The Morgan fingerprint density at radius 2 is 2.00 bits per heavy atom. The predicted molar refractivity (Wildman–Crippen MR) is 58.3 cm³/mol. The highest BCUT2D eigenvalue weighted by Gasteiger charge is 2.40. The average molecular weight is 381 g/mol. The first kappa shape index (κ1) is 15.1. The molecular weight excluding hydrogens is 376 g/mol. The highest BCUT2D eigenvalue weighted by atomic mass is 127. The normalized spacial score (nSPS) is 11.8. The fraction of sp³-hybridized carbons (Fsp3) is 0.333. The summed E-state index contributed by atoms with van der Waals surface area (Å²) in [4.78, 5) is 14.3. The second kappa shape index (κ2) is 5.33. The summed E-state index contributed by atoms with van der Waals surface area (Å²) in [7, 11) is 0.801. The molecule has 0 atom stereocenters. The van der Waals surface area contributed by atoms with Gasteiger partial charge < -0.3 is 4.74 Å². The van der Waals surface area contributed by atoms with Crippen LogP contribution in [-0.2, 0) is 10.9 Å². The average Bonchev–Trinajstić information content (AvgIpc) is 2.25. The van der Waals surface area contributed by atoms with Crippen molar-refractivity contribution in [3.05, 3.63) is 26.6 Å². The van der Waals surface area contributed by atoms with Crippen molar-refractivity contribution < 1.29 is 31.5 Å². The largest absolute Gasteiger partial charge is 0.465 e. The molecule has 9 heteroatoms. The van der Waals surface area contributed by atoms with Crippen LogP contribution in [0, 0.1) is 3.70 Å². The van der Waals surface area contributed by atoms with Crippen LogP contribution in [0.5, 0.6) is 0 Å². The van der Waals surface area contributed by atoms with E-state index in [0.29, 0.717) is 6.07 Å². The van der Waals surface area contributed by atoms with E-state index >= 15 is 0 Å². The number of pyridine rings is 1. The van der Waals surface area contributed by atoms with Crippen molar-refractivity contribution in [1.82, 2.24) is 4.98 Å². The Kier molecular flexibility index (Phi) is 4.46. The number of hydrogen-bond donors (Lipinski definition) is 0. The Hall–Kier alpha value is -1.00. The predicted octanol–water partition coefficient (Wildman–Crippen LogP) is 3.43. The number of ether oxygens (including phenoxy) is 1. The van der Waals surface area contributed by atoms with E-state index in [-0.39, 0.29) is 3.70 Å². The van der Waals surface area contributed by atoms with Crippen LogP contribution in [0.25, 0.3) is 0 Å². The molecular formula is C9H5F5INO2. The molecule has 1 heterocycles. The van der Waals surface area contributed by atoms with Crippen molar-refractivity contribution >= 4 is 28.6 Å². The molecule has 0 aliphatic rings. The molecule has 0 aliphatic heterocycles. The van der Waals surface area contributed by atoms with E-state index in [0.717, 1.165) is 7.11 Å². The lowest BCUT2D eigenvalue weighted by Crippen LogP contribution is -2.20. The van der Waals surface area contributed by atoms with Crippen molar-refractivity contribution in [3.63, 3.8) is 0 Å². The summed E-state index contributed by atoms with van der Waals surface area (Å²) in [6.45, 7) is 0. The van der Waals surface area contributed by atoms with Gasteiger partial charge in [-0.05, 0) is 28.7 Å². The molecule has 0 fully saturated rings. The van der Waals surface area contributed by atoms with E-state index in [1.165, 1.54) is 22.6 Å². The number of alkyl halides is 5. The Balaban J connectivity index is 3.64. The molecule has 0 saturated carbocycles. The number of esters is 1. The van der Waals surface area contributed by atoms with Gasteiger partial charge in [-0.15, -0.1) is 0 Å². The molecule has 100 valence electrons. The van der Waals surface area contributed by atoms with Crippen LogP contribution in [0.2, 0.25) is 0 Å². The Bertz CT molecular complexity index is 475. The van der Waals surface area contributed by atoms with Gasteiger partial charge in [-0.3, -0.25) is 0 Å². The summed E-state index contributed by atoms with van der Waals surface area (Å²) in [6, 6.07) is 0.715. The molecule has 0 spiro atoms. The van der Waals surface area contributed by atoms with E-state index in [1.54, 1.807) is 0 Å². The molecule has 3 nitrogen and oxygen atoms in total. The maximum atomic E-state index is 12.7. The highest BCUT2D eigenvalue weighted by Crippen LogP contribution is 2.36.